The van der Waals surface area contributed by atoms with Gasteiger partial charge in [0.15, 0.2) is 5.78 Å². The first-order chi connectivity index (χ1) is 9.54. The van der Waals surface area contributed by atoms with Crippen molar-refractivity contribution in [3.63, 3.8) is 0 Å². The van der Waals surface area contributed by atoms with E-state index in [1.165, 1.54) is 11.8 Å². The average Bonchev–Trinajstić information content (AvgIpc) is 2.44. The van der Waals surface area contributed by atoms with Gasteiger partial charge < -0.3 is 5.32 Å². The first-order valence-electron chi connectivity index (χ1n) is 7.10. The lowest BCUT2D eigenvalue weighted by Gasteiger charge is -2.12. The number of hydrogen-bond donors (Lipinski definition) is 1. The summed E-state index contributed by atoms with van der Waals surface area (Å²) in [5, 5.41) is 2.83. The van der Waals surface area contributed by atoms with E-state index >= 15 is 0 Å². The molecule has 4 heteroatoms. The van der Waals surface area contributed by atoms with E-state index < -0.39 is 0 Å². The molecule has 20 heavy (non-hydrogen) atoms. The van der Waals surface area contributed by atoms with Crippen LogP contribution in [0.3, 0.4) is 0 Å². The summed E-state index contributed by atoms with van der Waals surface area (Å²) in [6.07, 6.45) is 3.34. The Morgan fingerprint density at radius 1 is 1.20 bits per heavy atom. The van der Waals surface area contributed by atoms with Crippen molar-refractivity contribution < 1.29 is 9.59 Å². The van der Waals surface area contributed by atoms with Crippen LogP contribution >= 0.6 is 11.8 Å². The maximum atomic E-state index is 11.9. The number of Topliss-reactive ketones (excluding diaryl/α,β-unsaturated/α-hetero) is 1. The third-order valence-electron chi connectivity index (χ3n) is 3.02. The smallest absolute Gasteiger partial charge is 0.233 e. The Hall–Kier alpha value is -1.29. The highest BCUT2D eigenvalue weighted by Crippen LogP contribution is 2.23. The van der Waals surface area contributed by atoms with Gasteiger partial charge in [-0.25, -0.2) is 0 Å². The van der Waals surface area contributed by atoms with Crippen LogP contribution in [-0.4, -0.2) is 23.5 Å². The molecule has 0 bridgehead atoms. The standard InChI is InChI=1S/C16H23NO2S/c1-4-5-6-11-17-16(19)13(3)20-15-9-7-14(8-10-15)12(2)18/h7-10,13H,4-6,11H2,1-3H3,(H,17,19). The molecule has 1 N–H and O–H groups in total. The number of carbonyl (C=O) groups is 2. The molecule has 0 fully saturated rings. The number of carbonyl (C=O) groups excluding carboxylic acids is 2. The van der Waals surface area contributed by atoms with E-state index in [4.69, 9.17) is 0 Å². The molecule has 1 unspecified atom stereocenters. The van der Waals surface area contributed by atoms with Gasteiger partial charge in [-0.15, -0.1) is 11.8 Å². The van der Waals surface area contributed by atoms with E-state index in [1.807, 2.05) is 19.1 Å². The van der Waals surface area contributed by atoms with E-state index in [1.54, 1.807) is 19.1 Å². The molecule has 0 aliphatic rings. The van der Waals surface area contributed by atoms with Crippen molar-refractivity contribution in [3.05, 3.63) is 29.8 Å². The number of thioether (sulfide) groups is 1. The molecule has 0 spiro atoms. The predicted octanol–water partition coefficient (Wildman–Crippen LogP) is 3.68. The first-order valence-corrected chi connectivity index (χ1v) is 7.98. The van der Waals surface area contributed by atoms with Gasteiger partial charge >= 0.3 is 0 Å². The van der Waals surface area contributed by atoms with Gasteiger partial charge in [-0.3, -0.25) is 9.59 Å². The maximum Gasteiger partial charge on any atom is 0.233 e. The van der Waals surface area contributed by atoms with Crippen LogP contribution in [0.5, 0.6) is 0 Å². The monoisotopic (exact) mass is 293 g/mol. The van der Waals surface area contributed by atoms with Gasteiger partial charge in [-0.2, -0.15) is 0 Å². The summed E-state index contributed by atoms with van der Waals surface area (Å²) in [5.74, 6) is 0.130. The van der Waals surface area contributed by atoms with E-state index in [2.05, 4.69) is 12.2 Å². The molecule has 0 aromatic heterocycles. The molecule has 1 aromatic carbocycles. The fourth-order valence-electron chi connectivity index (χ4n) is 1.76. The summed E-state index contributed by atoms with van der Waals surface area (Å²) in [6.45, 7) is 6.35. The van der Waals surface area contributed by atoms with Crippen molar-refractivity contribution in [1.82, 2.24) is 5.32 Å². The number of amides is 1. The van der Waals surface area contributed by atoms with Crippen molar-refractivity contribution in [2.45, 2.75) is 50.2 Å². The Morgan fingerprint density at radius 3 is 2.40 bits per heavy atom. The van der Waals surface area contributed by atoms with Gasteiger partial charge in [0, 0.05) is 17.0 Å². The quantitative estimate of drug-likeness (QED) is 0.452. The van der Waals surface area contributed by atoms with Crippen molar-refractivity contribution in [2.75, 3.05) is 6.54 Å². The van der Waals surface area contributed by atoms with Crippen molar-refractivity contribution in [2.24, 2.45) is 0 Å². The SMILES string of the molecule is CCCCCNC(=O)C(C)Sc1ccc(C(C)=O)cc1. The number of nitrogens with one attached hydrogen (secondary N) is 1. The zero-order valence-electron chi connectivity index (χ0n) is 12.4. The van der Waals surface area contributed by atoms with Crippen LogP contribution in [0.4, 0.5) is 0 Å². The Bertz CT molecular complexity index is 442. The Kier molecular flexibility index (Phi) is 7.37. The van der Waals surface area contributed by atoms with Gasteiger partial charge in [0.25, 0.3) is 0 Å². The summed E-state index contributed by atoms with van der Waals surface area (Å²) in [5.41, 5.74) is 0.700. The van der Waals surface area contributed by atoms with Crippen LogP contribution in [0, 0.1) is 0 Å². The van der Waals surface area contributed by atoms with E-state index in [9.17, 15) is 9.59 Å². The molecule has 1 rings (SSSR count). The second-order valence-electron chi connectivity index (χ2n) is 4.84. The third-order valence-corrected chi connectivity index (χ3v) is 4.13. The molecule has 0 saturated carbocycles. The maximum absolute atomic E-state index is 11.9. The van der Waals surface area contributed by atoms with Gasteiger partial charge in [-0.05, 0) is 32.4 Å². The van der Waals surface area contributed by atoms with Crippen LogP contribution < -0.4 is 5.32 Å². The van der Waals surface area contributed by atoms with Crippen molar-refractivity contribution >= 4 is 23.5 Å². The molecule has 3 nitrogen and oxygen atoms in total. The summed E-state index contributed by atoms with van der Waals surface area (Å²) in [7, 11) is 0. The van der Waals surface area contributed by atoms with Crippen LogP contribution in [-0.2, 0) is 4.79 Å². The molecular weight excluding hydrogens is 270 g/mol. The number of rotatable bonds is 8. The van der Waals surface area contributed by atoms with Crippen LogP contribution in [0.25, 0.3) is 0 Å². The Balaban J connectivity index is 2.42. The van der Waals surface area contributed by atoms with Crippen molar-refractivity contribution in [1.29, 1.82) is 0 Å². The number of hydrogen-bond acceptors (Lipinski definition) is 3. The topological polar surface area (TPSA) is 46.2 Å². The second kappa shape index (κ2) is 8.80. The molecule has 0 heterocycles. The highest BCUT2D eigenvalue weighted by Gasteiger charge is 2.13. The fraction of sp³-hybridized carbons (Fsp3) is 0.500. The predicted molar refractivity (Wildman–Crippen MR) is 84.3 cm³/mol. The van der Waals surface area contributed by atoms with E-state index in [0.717, 1.165) is 30.7 Å². The fourth-order valence-corrected chi connectivity index (χ4v) is 2.65. The van der Waals surface area contributed by atoms with Gasteiger partial charge in [-0.1, -0.05) is 31.9 Å². The van der Waals surface area contributed by atoms with Gasteiger partial charge in [0.1, 0.15) is 0 Å². The first kappa shape index (κ1) is 16.8. The lowest BCUT2D eigenvalue weighted by atomic mass is 10.2. The second-order valence-corrected chi connectivity index (χ2v) is 6.25. The zero-order valence-corrected chi connectivity index (χ0v) is 13.3. The Labute approximate surface area is 125 Å². The minimum absolute atomic E-state index is 0.0586. The lowest BCUT2D eigenvalue weighted by Crippen LogP contribution is -2.31. The third kappa shape index (κ3) is 5.78. The largest absolute Gasteiger partial charge is 0.355 e. The van der Waals surface area contributed by atoms with E-state index in [-0.39, 0.29) is 16.9 Å². The molecule has 0 aliphatic carbocycles. The summed E-state index contributed by atoms with van der Waals surface area (Å²) >= 11 is 1.51. The minimum Gasteiger partial charge on any atom is -0.355 e. The van der Waals surface area contributed by atoms with Gasteiger partial charge in [0.2, 0.25) is 5.91 Å². The molecule has 0 radical (unpaired) electrons. The molecule has 110 valence electrons. The molecule has 1 amide bonds. The molecule has 0 saturated heterocycles. The van der Waals surface area contributed by atoms with Crippen LogP contribution in [0.15, 0.2) is 29.2 Å². The van der Waals surface area contributed by atoms with Crippen LogP contribution in [0.1, 0.15) is 50.4 Å². The van der Waals surface area contributed by atoms with Crippen molar-refractivity contribution in [3.8, 4) is 0 Å². The normalized spacial score (nSPS) is 11.9. The summed E-state index contributed by atoms with van der Waals surface area (Å²) in [4.78, 5) is 24.1. The average molecular weight is 293 g/mol. The Morgan fingerprint density at radius 2 is 1.85 bits per heavy atom. The molecule has 1 atom stereocenters. The molecule has 1 aromatic rings. The summed E-state index contributed by atoms with van der Waals surface area (Å²) < 4.78 is 0. The lowest BCUT2D eigenvalue weighted by molar-refractivity contribution is -0.120. The molecular formula is C16H23NO2S. The van der Waals surface area contributed by atoms with Gasteiger partial charge in [0.05, 0.1) is 5.25 Å². The molecule has 0 aliphatic heterocycles. The van der Waals surface area contributed by atoms with E-state index in [0.29, 0.717) is 5.56 Å². The number of benzene rings is 1. The number of unbranched alkanes of at least 4 members (excludes halogenated alkanes) is 2. The summed E-state index contributed by atoms with van der Waals surface area (Å²) in [6, 6.07) is 7.39. The minimum atomic E-state index is -0.125. The highest BCUT2D eigenvalue weighted by atomic mass is 32.2. The zero-order chi connectivity index (χ0) is 15.0. The highest BCUT2D eigenvalue weighted by molar-refractivity contribution is 8.00. The van der Waals surface area contributed by atoms with Crippen LogP contribution in [0.2, 0.25) is 0 Å². The number of ketones is 1.